The number of amides is 1. The third-order valence-corrected chi connectivity index (χ3v) is 7.75. The fraction of sp³-hybridized carbons (Fsp3) is 0.273. The Hall–Kier alpha value is -0.450. The lowest BCUT2D eigenvalue weighted by Gasteiger charge is -2.14. The molecule has 0 spiro atoms. The Morgan fingerprint density at radius 2 is 1.86 bits per heavy atom. The molecular formula is C11H10Br3NO5S. The lowest BCUT2D eigenvalue weighted by molar-refractivity contribution is -0.138. The van der Waals surface area contributed by atoms with E-state index in [1.165, 1.54) is 25.1 Å². The molecule has 0 aliphatic heterocycles. The van der Waals surface area contributed by atoms with Crippen LogP contribution >= 0.6 is 47.8 Å². The van der Waals surface area contributed by atoms with E-state index in [4.69, 9.17) is 5.11 Å². The third kappa shape index (κ3) is 4.51. The summed E-state index contributed by atoms with van der Waals surface area (Å²) in [7, 11) is -3.82. The van der Waals surface area contributed by atoms with Gasteiger partial charge in [-0.05, 0) is 72.9 Å². The van der Waals surface area contributed by atoms with Gasteiger partial charge in [-0.2, -0.15) is 0 Å². The number of hydrogen-bond donors (Lipinski definition) is 2. The normalized spacial score (nSPS) is 13.5. The number of carboxylic acids is 1. The maximum atomic E-state index is 12.2. The van der Waals surface area contributed by atoms with E-state index in [1.807, 2.05) is 0 Å². The van der Waals surface area contributed by atoms with Crippen molar-refractivity contribution in [2.45, 2.75) is 19.3 Å². The molecule has 0 aromatic heterocycles. The van der Waals surface area contributed by atoms with Crippen LogP contribution in [0.1, 0.15) is 17.3 Å². The molecule has 1 atom stereocenters. The van der Waals surface area contributed by atoms with E-state index < -0.39 is 29.2 Å². The number of aliphatic carboxylic acids is 1. The Kier molecular flexibility index (Phi) is 5.99. The van der Waals surface area contributed by atoms with E-state index in [2.05, 4.69) is 53.1 Å². The minimum atomic E-state index is -3.82. The van der Waals surface area contributed by atoms with Crippen molar-refractivity contribution in [1.29, 1.82) is 0 Å². The van der Waals surface area contributed by atoms with E-state index in [0.717, 1.165) is 6.07 Å². The van der Waals surface area contributed by atoms with Gasteiger partial charge in [0.05, 0.1) is 4.90 Å². The van der Waals surface area contributed by atoms with Crippen LogP contribution in [-0.4, -0.2) is 32.9 Å². The van der Waals surface area contributed by atoms with Gasteiger partial charge in [-0.15, -0.1) is 0 Å². The number of nitrogens with one attached hydrogen (secondary N) is 1. The molecule has 116 valence electrons. The lowest BCUT2D eigenvalue weighted by Crippen LogP contribution is -2.38. The molecule has 0 aliphatic carbocycles. The molecule has 0 heterocycles. The third-order valence-electron chi connectivity index (χ3n) is 2.43. The van der Waals surface area contributed by atoms with Gasteiger partial charge in [-0.3, -0.25) is 9.59 Å². The quantitative estimate of drug-likeness (QED) is 0.610. The number of alkyl halides is 3. The van der Waals surface area contributed by atoms with Crippen molar-refractivity contribution < 1.29 is 23.1 Å². The Morgan fingerprint density at radius 3 is 2.33 bits per heavy atom. The summed E-state index contributed by atoms with van der Waals surface area (Å²) < 4.78 is 22.8. The topological polar surface area (TPSA) is 101 Å². The highest BCUT2D eigenvalue weighted by atomic mass is 80.0. The Labute approximate surface area is 146 Å². The number of halogens is 3. The first kappa shape index (κ1) is 18.6. The highest BCUT2D eigenvalue weighted by Crippen LogP contribution is 2.43. The van der Waals surface area contributed by atoms with Crippen LogP contribution in [0.3, 0.4) is 0 Å². The zero-order valence-corrected chi connectivity index (χ0v) is 16.1. The molecule has 0 aliphatic rings. The molecule has 1 unspecified atom stereocenters. The molecule has 1 aromatic rings. The first-order valence-corrected chi connectivity index (χ1v) is 9.28. The summed E-state index contributed by atoms with van der Waals surface area (Å²) in [5.41, 5.74) is 0.0425. The number of carbonyl (C=O) groups excluding carboxylic acids is 1. The van der Waals surface area contributed by atoms with Crippen LogP contribution < -0.4 is 5.32 Å². The van der Waals surface area contributed by atoms with Crippen molar-refractivity contribution in [2.75, 3.05) is 0 Å². The van der Waals surface area contributed by atoms with Gasteiger partial charge in [0.15, 0.2) is 0 Å². The van der Waals surface area contributed by atoms with Gasteiger partial charge in [-0.25, -0.2) is 8.42 Å². The first-order chi connectivity index (χ1) is 9.46. The molecular weight excluding hydrogens is 498 g/mol. The van der Waals surface area contributed by atoms with Crippen molar-refractivity contribution in [2.24, 2.45) is 0 Å². The molecule has 0 saturated heterocycles. The average molecular weight is 508 g/mol. The van der Waals surface area contributed by atoms with Crippen LogP contribution in [-0.2, 0) is 14.6 Å². The van der Waals surface area contributed by atoms with Crippen LogP contribution in [0.4, 0.5) is 0 Å². The fourth-order valence-electron chi connectivity index (χ4n) is 1.28. The largest absolute Gasteiger partial charge is 0.480 e. The summed E-state index contributed by atoms with van der Waals surface area (Å²) in [6.45, 7) is 1.31. The number of carboxylic acid groups (broad SMARTS) is 1. The fourth-order valence-corrected chi connectivity index (χ4v) is 3.77. The molecule has 0 fully saturated rings. The number of sulfone groups is 1. The molecule has 1 amide bonds. The molecule has 0 bridgehead atoms. The maximum Gasteiger partial charge on any atom is 0.325 e. The van der Waals surface area contributed by atoms with Gasteiger partial charge in [0.2, 0.25) is 11.3 Å². The van der Waals surface area contributed by atoms with Crippen molar-refractivity contribution in [3.05, 3.63) is 29.8 Å². The van der Waals surface area contributed by atoms with Gasteiger partial charge in [0, 0.05) is 5.56 Å². The zero-order chi connectivity index (χ0) is 16.4. The molecule has 6 nitrogen and oxygen atoms in total. The summed E-state index contributed by atoms with van der Waals surface area (Å²) in [5.74, 6) is -1.86. The lowest BCUT2D eigenvalue weighted by atomic mass is 10.2. The van der Waals surface area contributed by atoms with E-state index in [0.29, 0.717) is 0 Å². The number of rotatable bonds is 4. The maximum absolute atomic E-state index is 12.2. The molecule has 1 aromatic carbocycles. The summed E-state index contributed by atoms with van der Waals surface area (Å²) in [5, 5.41) is 11.0. The SMILES string of the molecule is CC(NC(=O)c1cccc(S(=O)(=O)C(Br)(Br)Br)c1)C(=O)O. The van der Waals surface area contributed by atoms with Gasteiger partial charge in [0.25, 0.3) is 5.91 Å². The van der Waals surface area contributed by atoms with Gasteiger partial charge < -0.3 is 10.4 Å². The van der Waals surface area contributed by atoms with E-state index in [-0.39, 0.29) is 10.5 Å². The van der Waals surface area contributed by atoms with Gasteiger partial charge in [-0.1, -0.05) is 6.07 Å². The van der Waals surface area contributed by atoms with Crippen LogP contribution in [0, 0.1) is 0 Å². The average Bonchev–Trinajstić information content (AvgIpc) is 2.37. The molecule has 10 heteroatoms. The summed E-state index contributed by atoms with van der Waals surface area (Å²) in [4.78, 5) is 22.5. The number of hydrogen-bond acceptors (Lipinski definition) is 4. The second kappa shape index (κ2) is 6.76. The summed E-state index contributed by atoms with van der Waals surface area (Å²) in [6.07, 6.45) is 0. The molecule has 1 rings (SSSR count). The van der Waals surface area contributed by atoms with E-state index in [9.17, 15) is 18.0 Å². The van der Waals surface area contributed by atoms with E-state index >= 15 is 0 Å². The number of benzene rings is 1. The minimum Gasteiger partial charge on any atom is -0.480 e. The van der Waals surface area contributed by atoms with Crippen LogP contribution in [0.25, 0.3) is 0 Å². The second-order valence-corrected chi connectivity index (χ2v) is 14.4. The first-order valence-electron chi connectivity index (χ1n) is 5.42. The molecule has 0 radical (unpaired) electrons. The number of carbonyl (C=O) groups is 2. The zero-order valence-electron chi connectivity index (χ0n) is 10.5. The minimum absolute atomic E-state index is 0.0425. The molecule has 21 heavy (non-hydrogen) atoms. The molecule has 2 N–H and O–H groups in total. The summed E-state index contributed by atoms with van der Waals surface area (Å²) >= 11 is 8.77. The van der Waals surface area contributed by atoms with Crippen molar-refractivity contribution in [3.63, 3.8) is 0 Å². The predicted molar refractivity (Wildman–Crippen MR) is 87.7 cm³/mol. The van der Waals surface area contributed by atoms with E-state index in [1.54, 1.807) is 0 Å². The van der Waals surface area contributed by atoms with Crippen LogP contribution in [0.15, 0.2) is 29.2 Å². The Balaban J connectivity index is 3.13. The smallest absolute Gasteiger partial charge is 0.325 e. The van der Waals surface area contributed by atoms with Crippen LogP contribution in [0.2, 0.25) is 0 Å². The summed E-state index contributed by atoms with van der Waals surface area (Å²) in [6, 6.07) is 4.19. The van der Waals surface area contributed by atoms with Crippen molar-refractivity contribution in [3.8, 4) is 0 Å². The van der Waals surface area contributed by atoms with Crippen molar-refractivity contribution in [1.82, 2.24) is 5.32 Å². The predicted octanol–water partition coefficient (Wildman–Crippen LogP) is 2.46. The highest BCUT2D eigenvalue weighted by molar-refractivity contribution is 9.42. The van der Waals surface area contributed by atoms with Crippen LogP contribution in [0.5, 0.6) is 0 Å². The molecule has 0 saturated carbocycles. The Bertz CT molecular complexity index is 669. The van der Waals surface area contributed by atoms with Gasteiger partial charge in [0.1, 0.15) is 6.04 Å². The Morgan fingerprint density at radius 1 is 1.29 bits per heavy atom. The standard InChI is InChI=1S/C11H10Br3NO5S/c1-6(10(17)18)15-9(16)7-3-2-4-8(5-7)21(19,20)11(12,13)14/h2-6H,1H3,(H,15,16)(H,17,18). The highest BCUT2D eigenvalue weighted by Gasteiger charge is 2.37. The van der Waals surface area contributed by atoms with Crippen molar-refractivity contribution >= 4 is 69.5 Å². The van der Waals surface area contributed by atoms with Gasteiger partial charge >= 0.3 is 5.97 Å². The second-order valence-electron chi connectivity index (χ2n) is 4.01. The monoisotopic (exact) mass is 505 g/mol.